The van der Waals surface area contributed by atoms with Gasteiger partial charge in [0.2, 0.25) is 5.91 Å². The number of ether oxygens (including phenoxy) is 1. The monoisotopic (exact) mass is 548 g/mol. The molecule has 0 fully saturated rings. The third-order valence-corrected chi connectivity index (χ3v) is 5.93. The first-order chi connectivity index (χ1) is 14.6. The minimum absolute atomic E-state index is 0.0544. The molecule has 2 aromatic rings. The number of nitrogens with one attached hydrogen (secondary N) is 1. The summed E-state index contributed by atoms with van der Waals surface area (Å²) < 4.78 is 6.45. The van der Waals surface area contributed by atoms with Gasteiger partial charge in [-0.2, -0.15) is 0 Å². The molecule has 0 heterocycles. The van der Waals surface area contributed by atoms with Crippen LogP contribution in [0.3, 0.4) is 0 Å². The zero-order chi connectivity index (χ0) is 23.1. The van der Waals surface area contributed by atoms with E-state index >= 15 is 0 Å². The maximum atomic E-state index is 13.2. The van der Waals surface area contributed by atoms with Gasteiger partial charge in [0.1, 0.15) is 11.8 Å². The first kappa shape index (κ1) is 25.8. The van der Waals surface area contributed by atoms with E-state index in [0.29, 0.717) is 27.2 Å². The van der Waals surface area contributed by atoms with Crippen molar-refractivity contribution in [2.75, 3.05) is 6.61 Å². The van der Waals surface area contributed by atoms with E-state index < -0.39 is 6.04 Å². The highest BCUT2D eigenvalue weighted by atomic mass is 79.9. The Hall–Kier alpha value is -1.47. The molecule has 1 N–H and O–H groups in total. The quantitative estimate of drug-likeness (QED) is 0.409. The third-order valence-electron chi connectivity index (χ3n) is 4.40. The molecule has 0 saturated heterocycles. The standard InChI is InChI=1S/C22H24BrCl3N2O3/c1-4-19(22(30)27-13(2)3)28(11-14-5-7-16(24)17(25)9-14)21(29)12-31-20-8-6-15(23)10-18(20)26/h5-10,13,19H,4,11-12H2,1-3H3,(H,27,30)/t19-/m0/s1. The molecule has 0 aliphatic carbocycles. The Kier molecular flexibility index (Phi) is 9.94. The highest BCUT2D eigenvalue weighted by Gasteiger charge is 2.29. The lowest BCUT2D eigenvalue weighted by molar-refractivity contribution is -0.143. The molecule has 168 valence electrons. The average Bonchev–Trinajstić information content (AvgIpc) is 2.69. The first-order valence-electron chi connectivity index (χ1n) is 9.74. The summed E-state index contributed by atoms with van der Waals surface area (Å²) in [6, 6.07) is 9.51. The third kappa shape index (κ3) is 7.56. The molecule has 0 bridgehead atoms. The predicted octanol–water partition coefficient (Wildman–Crippen LogP) is 6.12. The van der Waals surface area contributed by atoms with Gasteiger partial charge >= 0.3 is 0 Å². The number of amides is 2. The van der Waals surface area contributed by atoms with Crippen LogP contribution >= 0.6 is 50.7 Å². The Morgan fingerprint density at radius 2 is 1.77 bits per heavy atom. The van der Waals surface area contributed by atoms with Gasteiger partial charge in [-0.15, -0.1) is 0 Å². The fraction of sp³-hybridized carbons (Fsp3) is 0.364. The Labute approximate surface area is 206 Å². The van der Waals surface area contributed by atoms with Gasteiger partial charge in [-0.25, -0.2) is 0 Å². The Bertz CT molecular complexity index is 940. The van der Waals surface area contributed by atoms with Crippen molar-refractivity contribution in [2.24, 2.45) is 0 Å². The fourth-order valence-corrected chi connectivity index (χ4v) is 4.00. The van der Waals surface area contributed by atoms with Crippen LogP contribution in [0.4, 0.5) is 0 Å². The van der Waals surface area contributed by atoms with Gasteiger partial charge in [-0.3, -0.25) is 9.59 Å². The van der Waals surface area contributed by atoms with E-state index in [1.54, 1.807) is 36.4 Å². The number of rotatable bonds is 9. The van der Waals surface area contributed by atoms with Crippen molar-refractivity contribution in [1.82, 2.24) is 10.2 Å². The lowest BCUT2D eigenvalue weighted by Gasteiger charge is -2.31. The lowest BCUT2D eigenvalue weighted by Crippen LogP contribution is -2.51. The maximum absolute atomic E-state index is 13.2. The highest BCUT2D eigenvalue weighted by Crippen LogP contribution is 2.28. The zero-order valence-corrected chi connectivity index (χ0v) is 21.3. The summed E-state index contributed by atoms with van der Waals surface area (Å²) in [5.74, 6) is -0.198. The molecule has 0 unspecified atom stereocenters. The SMILES string of the molecule is CC[C@@H](C(=O)NC(C)C)N(Cc1ccc(Cl)c(Cl)c1)C(=O)COc1ccc(Br)cc1Cl. The minimum atomic E-state index is -0.673. The average molecular weight is 551 g/mol. The van der Waals surface area contributed by atoms with Crippen molar-refractivity contribution in [2.45, 2.75) is 45.8 Å². The van der Waals surface area contributed by atoms with Crippen LogP contribution in [0.15, 0.2) is 40.9 Å². The number of benzene rings is 2. The molecule has 2 rings (SSSR count). The summed E-state index contributed by atoms with van der Waals surface area (Å²) in [5.41, 5.74) is 0.750. The Balaban J connectivity index is 2.26. The minimum Gasteiger partial charge on any atom is -0.482 e. The number of carbonyl (C=O) groups is 2. The van der Waals surface area contributed by atoms with Crippen LogP contribution in [-0.4, -0.2) is 35.4 Å². The smallest absolute Gasteiger partial charge is 0.261 e. The summed E-state index contributed by atoms with van der Waals surface area (Å²) in [4.78, 5) is 27.4. The van der Waals surface area contributed by atoms with Gasteiger partial charge in [-0.05, 0) is 56.2 Å². The molecular formula is C22H24BrCl3N2O3. The van der Waals surface area contributed by atoms with Crippen molar-refractivity contribution < 1.29 is 14.3 Å². The first-order valence-corrected chi connectivity index (χ1v) is 11.7. The number of carbonyl (C=O) groups excluding carboxylic acids is 2. The van der Waals surface area contributed by atoms with Gasteiger partial charge in [0, 0.05) is 17.1 Å². The van der Waals surface area contributed by atoms with Crippen molar-refractivity contribution in [3.63, 3.8) is 0 Å². The van der Waals surface area contributed by atoms with Crippen molar-refractivity contribution >= 4 is 62.5 Å². The van der Waals surface area contributed by atoms with Gasteiger partial charge in [0.05, 0.1) is 15.1 Å². The molecule has 9 heteroatoms. The van der Waals surface area contributed by atoms with Gasteiger partial charge in [-0.1, -0.05) is 63.7 Å². The van der Waals surface area contributed by atoms with Gasteiger partial charge in [0.25, 0.3) is 5.91 Å². The van der Waals surface area contributed by atoms with Crippen molar-refractivity contribution in [3.8, 4) is 5.75 Å². The second kappa shape index (κ2) is 12.0. The van der Waals surface area contributed by atoms with E-state index in [1.807, 2.05) is 20.8 Å². The second-order valence-corrected chi connectivity index (χ2v) is 9.36. The largest absolute Gasteiger partial charge is 0.482 e. The molecule has 2 aromatic carbocycles. The molecule has 0 spiro atoms. The van der Waals surface area contributed by atoms with E-state index in [4.69, 9.17) is 39.5 Å². The molecule has 2 amide bonds. The van der Waals surface area contributed by atoms with Crippen LogP contribution in [-0.2, 0) is 16.1 Å². The Morgan fingerprint density at radius 3 is 2.35 bits per heavy atom. The maximum Gasteiger partial charge on any atom is 0.261 e. The van der Waals surface area contributed by atoms with E-state index in [0.717, 1.165) is 10.0 Å². The Morgan fingerprint density at radius 1 is 1.06 bits per heavy atom. The molecule has 0 saturated carbocycles. The van der Waals surface area contributed by atoms with Crippen LogP contribution in [0, 0.1) is 0 Å². The van der Waals surface area contributed by atoms with E-state index in [2.05, 4.69) is 21.2 Å². The summed E-state index contributed by atoms with van der Waals surface area (Å²) in [6.07, 6.45) is 0.435. The van der Waals surface area contributed by atoms with Crippen LogP contribution in [0.25, 0.3) is 0 Å². The van der Waals surface area contributed by atoms with E-state index in [-0.39, 0.29) is 31.0 Å². The fourth-order valence-electron chi connectivity index (χ4n) is 2.95. The molecule has 1 atom stereocenters. The molecule has 0 aromatic heterocycles. The number of hydrogen-bond donors (Lipinski definition) is 1. The number of halogens is 4. The van der Waals surface area contributed by atoms with E-state index in [9.17, 15) is 9.59 Å². The normalized spacial score (nSPS) is 11.9. The van der Waals surface area contributed by atoms with Crippen LogP contribution in [0.5, 0.6) is 5.75 Å². The molecule has 0 aliphatic rings. The van der Waals surface area contributed by atoms with Gasteiger partial charge < -0.3 is 15.0 Å². The predicted molar refractivity (Wildman–Crippen MR) is 129 cm³/mol. The summed E-state index contributed by atoms with van der Waals surface area (Å²) >= 11 is 21.7. The molecular weight excluding hydrogens is 527 g/mol. The highest BCUT2D eigenvalue weighted by molar-refractivity contribution is 9.10. The molecule has 31 heavy (non-hydrogen) atoms. The number of hydrogen-bond acceptors (Lipinski definition) is 3. The van der Waals surface area contributed by atoms with Crippen molar-refractivity contribution in [3.05, 3.63) is 61.5 Å². The van der Waals surface area contributed by atoms with Crippen LogP contribution in [0.2, 0.25) is 15.1 Å². The summed E-state index contributed by atoms with van der Waals surface area (Å²) in [7, 11) is 0. The summed E-state index contributed by atoms with van der Waals surface area (Å²) in [6.45, 7) is 5.50. The number of nitrogens with zero attached hydrogens (tertiary/aromatic N) is 1. The summed E-state index contributed by atoms with van der Waals surface area (Å²) in [5, 5.41) is 4.05. The van der Waals surface area contributed by atoms with Crippen LogP contribution < -0.4 is 10.1 Å². The van der Waals surface area contributed by atoms with E-state index in [1.165, 1.54) is 4.90 Å². The molecule has 0 radical (unpaired) electrons. The lowest BCUT2D eigenvalue weighted by atomic mass is 10.1. The van der Waals surface area contributed by atoms with Crippen LogP contribution in [0.1, 0.15) is 32.8 Å². The van der Waals surface area contributed by atoms with Gasteiger partial charge in [0.15, 0.2) is 6.61 Å². The topological polar surface area (TPSA) is 58.6 Å². The molecule has 0 aliphatic heterocycles. The second-order valence-electron chi connectivity index (χ2n) is 7.22. The molecule has 5 nitrogen and oxygen atoms in total. The van der Waals surface area contributed by atoms with Crippen molar-refractivity contribution in [1.29, 1.82) is 0 Å². The zero-order valence-electron chi connectivity index (χ0n) is 17.4.